The van der Waals surface area contributed by atoms with E-state index in [1.165, 1.54) is 11.0 Å². The minimum atomic E-state index is 0.841. The second-order valence-corrected chi connectivity index (χ2v) is 2.92. The molecule has 1 heterocycles. The monoisotopic (exact) mass is 144 g/mol. The van der Waals surface area contributed by atoms with E-state index in [1.54, 1.807) is 17.0 Å². The predicted molar refractivity (Wildman–Crippen MR) is 41.3 cm³/mol. The van der Waals surface area contributed by atoms with E-state index >= 15 is 0 Å². The third-order valence-electron chi connectivity index (χ3n) is 0.622. The Morgan fingerprint density at radius 3 is 3.00 bits per heavy atom. The normalized spacial score (nSPS) is 17.8. The fourth-order valence-corrected chi connectivity index (χ4v) is 1.46. The highest BCUT2D eigenvalue weighted by atomic mass is 33.1. The molecule has 0 fully saturated rings. The van der Waals surface area contributed by atoms with Gasteiger partial charge in [0, 0.05) is 16.4 Å². The van der Waals surface area contributed by atoms with Crippen molar-refractivity contribution >= 4 is 34.7 Å². The number of rotatable bonds is 1. The summed E-state index contributed by atoms with van der Waals surface area (Å²) in [6.07, 6.45) is 1.69. The molecule has 0 spiro atoms. The van der Waals surface area contributed by atoms with Gasteiger partial charge in [-0.25, -0.2) is 4.40 Å². The molecule has 1 rings (SSSR count). The van der Waals surface area contributed by atoms with Crippen LogP contribution in [0.3, 0.4) is 0 Å². The Labute approximate surface area is 55.7 Å². The smallest absolute Gasteiger partial charge is 0.0884 e. The van der Waals surface area contributed by atoms with Gasteiger partial charge in [-0.2, -0.15) is 0 Å². The van der Waals surface area contributed by atoms with Crippen molar-refractivity contribution in [2.75, 3.05) is 0 Å². The highest BCUT2D eigenvalue weighted by Crippen LogP contribution is 2.28. The van der Waals surface area contributed by atoms with Crippen LogP contribution in [0.15, 0.2) is 20.5 Å². The minimum Gasteiger partial charge on any atom is -0.262 e. The molecular weight excluding hydrogens is 140 g/mol. The third-order valence-corrected chi connectivity index (χ3v) is 2.04. The molecule has 0 N–H and O–H groups in total. The SMILES string of the molecule is C=NC1=CSSN=C1. The molecule has 0 amide bonds. The van der Waals surface area contributed by atoms with Gasteiger partial charge in [0.15, 0.2) is 0 Å². The van der Waals surface area contributed by atoms with Gasteiger partial charge in [0.2, 0.25) is 0 Å². The fourth-order valence-electron chi connectivity index (χ4n) is 0.280. The van der Waals surface area contributed by atoms with E-state index < -0.39 is 0 Å². The Bertz CT molecular complexity index is 150. The summed E-state index contributed by atoms with van der Waals surface area (Å²) < 4.78 is 3.88. The highest BCUT2D eigenvalue weighted by molar-refractivity contribution is 8.77. The van der Waals surface area contributed by atoms with Crippen LogP contribution in [0, 0.1) is 0 Å². The van der Waals surface area contributed by atoms with Gasteiger partial charge in [-0.1, -0.05) is 0 Å². The Hall–Kier alpha value is -0.220. The van der Waals surface area contributed by atoms with E-state index in [0.717, 1.165) is 5.70 Å². The van der Waals surface area contributed by atoms with Crippen molar-refractivity contribution in [2.45, 2.75) is 0 Å². The predicted octanol–water partition coefficient (Wildman–Crippen LogP) is 1.91. The molecule has 2 nitrogen and oxygen atoms in total. The van der Waals surface area contributed by atoms with Crippen molar-refractivity contribution in [2.24, 2.45) is 9.39 Å². The van der Waals surface area contributed by atoms with Crippen molar-refractivity contribution in [1.29, 1.82) is 0 Å². The molecule has 0 aromatic heterocycles. The van der Waals surface area contributed by atoms with Crippen LogP contribution in [-0.4, -0.2) is 12.9 Å². The minimum absolute atomic E-state index is 0.841. The molecule has 42 valence electrons. The van der Waals surface area contributed by atoms with Gasteiger partial charge in [-0.15, -0.1) is 0 Å². The molecule has 4 heteroatoms. The average Bonchev–Trinajstić information content (AvgIpc) is 1.90. The summed E-state index contributed by atoms with van der Waals surface area (Å²) >= 11 is 0. The van der Waals surface area contributed by atoms with E-state index in [9.17, 15) is 0 Å². The Balaban J connectivity index is 2.64. The Morgan fingerprint density at radius 1 is 1.75 bits per heavy atom. The van der Waals surface area contributed by atoms with Gasteiger partial charge in [0.1, 0.15) is 0 Å². The van der Waals surface area contributed by atoms with E-state index in [0.29, 0.717) is 0 Å². The van der Waals surface area contributed by atoms with Gasteiger partial charge in [0.25, 0.3) is 0 Å². The fraction of sp³-hybridized carbons (Fsp3) is 0. The van der Waals surface area contributed by atoms with Gasteiger partial charge in [-0.3, -0.25) is 4.99 Å². The van der Waals surface area contributed by atoms with Crippen molar-refractivity contribution in [3.8, 4) is 0 Å². The first-order valence-corrected chi connectivity index (χ1v) is 4.13. The van der Waals surface area contributed by atoms with E-state index in [1.807, 2.05) is 5.41 Å². The number of hydrogen-bond donors (Lipinski definition) is 0. The summed E-state index contributed by atoms with van der Waals surface area (Å²) in [6.45, 7) is 3.35. The summed E-state index contributed by atoms with van der Waals surface area (Å²) in [5, 5.41) is 1.91. The van der Waals surface area contributed by atoms with Crippen LogP contribution >= 0.6 is 21.8 Å². The lowest BCUT2D eigenvalue weighted by atomic mass is 10.6. The van der Waals surface area contributed by atoms with Gasteiger partial charge < -0.3 is 0 Å². The second kappa shape index (κ2) is 2.94. The Morgan fingerprint density at radius 2 is 2.62 bits per heavy atom. The number of nitrogens with zero attached hydrogens (tertiary/aromatic N) is 2. The number of aliphatic imine (C=N–C) groups is 1. The van der Waals surface area contributed by atoms with Crippen LogP contribution < -0.4 is 0 Å². The average molecular weight is 144 g/mol. The zero-order valence-corrected chi connectivity index (χ0v) is 5.71. The topological polar surface area (TPSA) is 24.7 Å². The molecule has 0 aromatic carbocycles. The van der Waals surface area contributed by atoms with Gasteiger partial charge in [-0.05, 0) is 17.5 Å². The van der Waals surface area contributed by atoms with E-state index in [4.69, 9.17) is 0 Å². The molecule has 0 atom stereocenters. The molecule has 0 radical (unpaired) electrons. The molecule has 1 aliphatic rings. The lowest BCUT2D eigenvalue weighted by molar-refractivity contribution is 1.54. The van der Waals surface area contributed by atoms with Crippen LogP contribution in [0.4, 0.5) is 0 Å². The first kappa shape index (κ1) is 5.91. The van der Waals surface area contributed by atoms with E-state index in [2.05, 4.69) is 16.1 Å². The van der Waals surface area contributed by atoms with Crippen molar-refractivity contribution in [3.05, 3.63) is 11.1 Å². The van der Waals surface area contributed by atoms with Crippen LogP contribution in [0.1, 0.15) is 0 Å². The summed E-state index contributed by atoms with van der Waals surface area (Å²) in [5.41, 5.74) is 0.841. The van der Waals surface area contributed by atoms with Gasteiger partial charge in [0.05, 0.1) is 11.9 Å². The largest absolute Gasteiger partial charge is 0.262 e. The second-order valence-electron chi connectivity index (χ2n) is 1.11. The summed E-state index contributed by atoms with van der Waals surface area (Å²) in [7, 11) is 2.99. The highest BCUT2D eigenvalue weighted by Gasteiger charge is 1.92. The summed E-state index contributed by atoms with van der Waals surface area (Å²) in [4.78, 5) is 3.68. The molecule has 0 aromatic rings. The molecule has 0 aliphatic carbocycles. The number of hydrogen-bond acceptors (Lipinski definition) is 4. The summed E-state index contributed by atoms with van der Waals surface area (Å²) in [5.74, 6) is 0. The van der Waals surface area contributed by atoms with Crippen molar-refractivity contribution in [3.63, 3.8) is 0 Å². The van der Waals surface area contributed by atoms with Crippen molar-refractivity contribution in [1.82, 2.24) is 0 Å². The van der Waals surface area contributed by atoms with E-state index in [-0.39, 0.29) is 0 Å². The zero-order chi connectivity index (χ0) is 5.82. The van der Waals surface area contributed by atoms with Crippen LogP contribution in [0.5, 0.6) is 0 Å². The molecule has 0 unspecified atom stereocenters. The zero-order valence-electron chi connectivity index (χ0n) is 4.07. The molecule has 0 saturated carbocycles. The summed E-state index contributed by atoms with van der Waals surface area (Å²) in [6, 6.07) is 0. The molecular formula is C4H4N2S2. The first-order valence-electron chi connectivity index (χ1n) is 1.96. The first-order chi connectivity index (χ1) is 3.93. The molecule has 0 saturated heterocycles. The standard InChI is InChI=1S/C4H4N2S2/c1-5-4-2-6-8-7-3-4/h2-3H,1H2. The lowest BCUT2D eigenvalue weighted by Crippen LogP contribution is -1.77. The number of allylic oxidation sites excluding steroid dienone is 1. The van der Waals surface area contributed by atoms with Crippen LogP contribution in [-0.2, 0) is 0 Å². The third kappa shape index (κ3) is 1.38. The van der Waals surface area contributed by atoms with Crippen molar-refractivity contribution < 1.29 is 0 Å². The quantitative estimate of drug-likeness (QED) is 0.319. The molecule has 0 bridgehead atoms. The molecule has 1 aliphatic heterocycles. The maximum atomic E-state index is 3.88. The molecule has 8 heavy (non-hydrogen) atoms. The Kier molecular flexibility index (Phi) is 2.17. The van der Waals surface area contributed by atoms with Crippen LogP contribution in [0.2, 0.25) is 0 Å². The van der Waals surface area contributed by atoms with Crippen LogP contribution in [0.25, 0.3) is 0 Å². The van der Waals surface area contributed by atoms with Gasteiger partial charge >= 0.3 is 0 Å². The maximum absolute atomic E-state index is 3.88. The lowest BCUT2D eigenvalue weighted by Gasteiger charge is -1.95. The maximum Gasteiger partial charge on any atom is 0.0884 e.